The van der Waals surface area contributed by atoms with E-state index in [9.17, 15) is 4.79 Å². The van der Waals surface area contributed by atoms with Crippen LogP contribution in [0.1, 0.15) is 24.2 Å². The number of hydrogen-bond acceptors (Lipinski definition) is 3. The fraction of sp³-hybridized carbons (Fsp3) is 0.500. The van der Waals surface area contributed by atoms with Crippen LogP contribution in [0.3, 0.4) is 0 Å². The van der Waals surface area contributed by atoms with Crippen LogP contribution in [0.25, 0.3) is 0 Å². The first kappa shape index (κ1) is 17.1. The summed E-state index contributed by atoms with van der Waals surface area (Å²) < 4.78 is 5.16. The number of rotatable bonds is 7. The first-order valence-electron chi connectivity index (χ1n) is 6.57. The van der Waals surface area contributed by atoms with E-state index in [1.165, 1.54) is 7.11 Å². The molecule has 6 heteroatoms. The van der Waals surface area contributed by atoms with Crippen LogP contribution in [0.4, 0.5) is 0 Å². The number of benzene rings is 1. The van der Waals surface area contributed by atoms with E-state index in [4.69, 9.17) is 27.9 Å². The first-order valence-corrected chi connectivity index (χ1v) is 7.32. The number of carbonyl (C=O) groups is 1. The van der Waals surface area contributed by atoms with Gasteiger partial charge in [-0.1, -0.05) is 37.0 Å². The molecule has 0 heterocycles. The summed E-state index contributed by atoms with van der Waals surface area (Å²) in [5, 5.41) is 3.58. The molecule has 1 N–H and O–H groups in total. The summed E-state index contributed by atoms with van der Waals surface area (Å²) in [7, 11) is 1.47. The van der Waals surface area contributed by atoms with E-state index in [2.05, 4.69) is 24.1 Å². The smallest absolute Gasteiger partial charge is 0.255 e. The fourth-order valence-corrected chi connectivity index (χ4v) is 2.47. The third kappa shape index (κ3) is 4.54. The maximum absolute atomic E-state index is 12.2. The minimum Gasteiger partial charge on any atom is -0.494 e. The molecule has 1 aromatic rings. The summed E-state index contributed by atoms with van der Waals surface area (Å²) >= 11 is 11.9. The van der Waals surface area contributed by atoms with Crippen molar-refractivity contribution in [3.63, 3.8) is 0 Å². The van der Waals surface area contributed by atoms with E-state index in [0.717, 1.165) is 19.6 Å². The summed E-state index contributed by atoms with van der Waals surface area (Å²) in [5.74, 6) is 0.106. The Bertz CT molecular complexity index is 463. The van der Waals surface area contributed by atoms with Gasteiger partial charge in [0.15, 0.2) is 0 Å². The van der Waals surface area contributed by atoms with Crippen molar-refractivity contribution in [1.29, 1.82) is 0 Å². The van der Waals surface area contributed by atoms with E-state index in [1.54, 1.807) is 12.1 Å². The van der Waals surface area contributed by atoms with Crippen LogP contribution in [-0.4, -0.2) is 44.1 Å². The van der Waals surface area contributed by atoms with Gasteiger partial charge >= 0.3 is 0 Å². The molecule has 0 fully saturated rings. The van der Waals surface area contributed by atoms with Gasteiger partial charge in [-0.25, -0.2) is 0 Å². The lowest BCUT2D eigenvalue weighted by atomic mass is 10.2. The maximum Gasteiger partial charge on any atom is 0.255 e. The lowest BCUT2D eigenvalue weighted by Crippen LogP contribution is -2.34. The number of hydrogen-bond donors (Lipinski definition) is 1. The highest BCUT2D eigenvalue weighted by atomic mass is 35.5. The minimum atomic E-state index is -0.238. The predicted molar refractivity (Wildman–Crippen MR) is 83.1 cm³/mol. The van der Waals surface area contributed by atoms with E-state index in [0.29, 0.717) is 27.9 Å². The molecule has 1 rings (SSSR count). The zero-order valence-electron chi connectivity index (χ0n) is 12.0. The van der Waals surface area contributed by atoms with Crippen molar-refractivity contribution in [3.05, 3.63) is 27.7 Å². The van der Waals surface area contributed by atoms with Crippen LogP contribution in [0.15, 0.2) is 12.1 Å². The van der Waals surface area contributed by atoms with Crippen molar-refractivity contribution in [2.45, 2.75) is 13.8 Å². The number of carbonyl (C=O) groups excluding carboxylic acids is 1. The number of nitrogens with one attached hydrogen (secondary N) is 1. The largest absolute Gasteiger partial charge is 0.494 e. The second-order valence-electron chi connectivity index (χ2n) is 4.25. The van der Waals surface area contributed by atoms with Crippen LogP contribution in [-0.2, 0) is 0 Å². The van der Waals surface area contributed by atoms with Gasteiger partial charge in [-0.05, 0) is 25.2 Å². The van der Waals surface area contributed by atoms with Crippen LogP contribution >= 0.6 is 23.2 Å². The van der Waals surface area contributed by atoms with Gasteiger partial charge in [-0.15, -0.1) is 0 Å². The molecule has 0 bridgehead atoms. The molecule has 1 aromatic carbocycles. The Labute approximate surface area is 130 Å². The highest BCUT2D eigenvalue weighted by molar-refractivity contribution is 6.36. The van der Waals surface area contributed by atoms with Crippen LogP contribution in [0.2, 0.25) is 10.0 Å². The molecule has 4 nitrogen and oxygen atoms in total. The van der Waals surface area contributed by atoms with Gasteiger partial charge in [-0.2, -0.15) is 0 Å². The quantitative estimate of drug-likeness (QED) is 0.840. The molecule has 0 aliphatic rings. The second kappa shape index (κ2) is 8.35. The highest BCUT2D eigenvalue weighted by Gasteiger charge is 2.16. The molecule has 1 amide bonds. The number of likely N-dealkylation sites (N-methyl/N-ethyl adjacent to an activating group) is 1. The average Bonchev–Trinajstić information content (AvgIpc) is 2.42. The van der Waals surface area contributed by atoms with E-state index < -0.39 is 0 Å². The molecule has 0 aliphatic carbocycles. The third-order valence-corrected chi connectivity index (χ3v) is 3.56. The molecule has 0 saturated heterocycles. The van der Waals surface area contributed by atoms with Gasteiger partial charge in [0.05, 0.1) is 17.7 Å². The molecule has 0 aromatic heterocycles. The monoisotopic (exact) mass is 318 g/mol. The Morgan fingerprint density at radius 3 is 2.50 bits per heavy atom. The van der Waals surface area contributed by atoms with Crippen molar-refractivity contribution >= 4 is 29.1 Å². The van der Waals surface area contributed by atoms with Crippen molar-refractivity contribution < 1.29 is 9.53 Å². The lowest BCUT2D eigenvalue weighted by Gasteiger charge is -2.18. The predicted octanol–water partition coefficient (Wildman–Crippen LogP) is 3.07. The number of nitrogens with zero attached hydrogens (tertiary/aromatic N) is 1. The SMILES string of the molecule is CCN(CC)CCNC(=O)c1cc(Cl)cc(Cl)c1OC. The van der Waals surface area contributed by atoms with Crippen molar-refractivity contribution in [2.75, 3.05) is 33.3 Å². The highest BCUT2D eigenvalue weighted by Crippen LogP contribution is 2.31. The van der Waals surface area contributed by atoms with E-state index in [-0.39, 0.29) is 5.91 Å². The molecule has 20 heavy (non-hydrogen) atoms. The van der Waals surface area contributed by atoms with Gasteiger partial charge in [-0.3, -0.25) is 4.79 Å². The molecule has 0 radical (unpaired) electrons. The molecule has 0 aliphatic heterocycles. The molecule has 0 saturated carbocycles. The Morgan fingerprint density at radius 1 is 1.30 bits per heavy atom. The number of ether oxygens (including phenoxy) is 1. The first-order chi connectivity index (χ1) is 9.53. The molecular formula is C14H20Cl2N2O2. The Morgan fingerprint density at radius 2 is 1.95 bits per heavy atom. The average molecular weight is 319 g/mol. The van der Waals surface area contributed by atoms with Gasteiger partial charge in [0.1, 0.15) is 5.75 Å². The summed E-state index contributed by atoms with van der Waals surface area (Å²) in [6.07, 6.45) is 0. The zero-order chi connectivity index (χ0) is 15.1. The van der Waals surface area contributed by atoms with Crippen LogP contribution in [0.5, 0.6) is 5.75 Å². The van der Waals surface area contributed by atoms with E-state index in [1.807, 2.05) is 0 Å². The fourth-order valence-electron chi connectivity index (χ4n) is 1.90. The molecular weight excluding hydrogens is 299 g/mol. The Kier molecular flexibility index (Phi) is 7.13. The number of methoxy groups -OCH3 is 1. The zero-order valence-corrected chi connectivity index (χ0v) is 13.5. The van der Waals surface area contributed by atoms with Gasteiger partial charge in [0.2, 0.25) is 0 Å². The molecule has 0 unspecified atom stereocenters. The van der Waals surface area contributed by atoms with E-state index >= 15 is 0 Å². The summed E-state index contributed by atoms with van der Waals surface area (Å²) in [6.45, 7) is 7.46. The number of amides is 1. The number of halogens is 2. The lowest BCUT2D eigenvalue weighted by molar-refractivity contribution is 0.0946. The van der Waals surface area contributed by atoms with Crippen molar-refractivity contribution in [3.8, 4) is 5.75 Å². The standard InChI is InChI=1S/C14H20Cl2N2O2/c1-4-18(5-2)7-6-17-14(19)11-8-10(15)9-12(16)13(11)20-3/h8-9H,4-7H2,1-3H3,(H,17,19). The normalized spacial score (nSPS) is 10.7. The topological polar surface area (TPSA) is 41.6 Å². The van der Waals surface area contributed by atoms with Gasteiger partial charge in [0, 0.05) is 18.1 Å². The second-order valence-corrected chi connectivity index (χ2v) is 5.09. The summed E-state index contributed by atoms with van der Waals surface area (Å²) in [4.78, 5) is 14.4. The molecule has 0 spiro atoms. The van der Waals surface area contributed by atoms with Crippen molar-refractivity contribution in [1.82, 2.24) is 10.2 Å². The third-order valence-electron chi connectivity index (χ3n) is 3.07. The van der Waals surface area contributed by atoms with Crippen molar-refractivity contribution in [2.24, 2.45) is 0 Å². The Balaban J connectivity index is 2.72. The van der Waals surface area contributed by atoms with Crippen LogP contribution < -0.4 is 10.1 Å². The maximum atomic E-state index is 12.2. The Hall–Kier alpha value is -0.970. The minimum absolute atomic E-state index is 0.238. The van der Waals surface area contributed by atoms with Gasteiger partial charge in [0.25, 0.3) is 5.91 Å². The van der Waals surface area contributed by atoms with Gasteiger partial charge < -0.3 is 15.0 Å². The molecule has 112 valence electrons. The molecule has 0 atom stereocenters. The summed E-state index contributed by atoms with van der Waals surface area (Å²) in [6, 6.07) is 3.10. The summed E-state index contributed by atoms with van der Waals surface area (Å²) in [5.41, 5.74) is 0.351. The van der Waals surface area contributed by atoms with Crippen LogP contribution in [0, 0.1) is 0 Å².